The van der Waals surface area contributed by atoms with E-state index in [0.717, 1.165) is 23.0 Å². The van der Waals surface area contributed by atoms with Crippen molar-refractivity contribution in [3.8, 4) is 5.75 Å². The normalized spacial score (nSPS) is 27.4. The van der Waals surface area contributed by atoms with Crippen LogP contribution in [0.15, 0.2) is 24.3 Å². The smallest absolute Gasteiger partial charge is 0.116 e. The molecular weight excluding hydrogens is 305 g/mol. The second kappa shape index (κ2) is 6.60. The quantitative estimate of drug-likeness (QED) is 0.886. The van der Waals surface area contributed by atoms with Crippen LogP contribution in [0, 0.1) is 17.8 Å². The molecule has 2 aliphatic carbocycles. The third kappa shape index (κ3) is 3.39. The molecule has 0 amide bonds. The van der Waals surface area contributed by atoms with Crippen LogP contribution in [0.5, 0.6) is 5.75 Å². The van der Waals surface area contributed by atoms with Gasteiger partial charge < -0.3 is 10.0 Å². The van der Waals surface area contributed by atoms with Gasteiger partial charge in [0.05, 0.1) is 0 Å². The van der Waals surface area contributed by atoms with Gasteiger partial charge in [-0.1, -0.05) is 17.7 Å². The summed E-state index contributed by atoms with van der Waals surface area (Å²) < 4.78 is 0. The van der Waals surface area contributed by atoms with Crippen molar-refractivity contribution in [2.75, 3.05) is 20.6 Å². The van der Waals surface area contributed by atoms with Gasteiger partial charge in [0, 0.05) is 11.6 Å². The van der Waals surface area contributed by atoms with Crippen LogP contribution in [0.2, 0.25) is 5.02 Å². The van der Waals surface area contributed by atoms with E-state index in [1.54, 1.807) is 12.1 Å². The van der Waals surface area contributed by atoms with Crippen molar-refractivity contribution >= 4 is 29.6 Å². The Morgan fingerprint density at radius 3 is 2.76 bits per heavy atom. The number of hydrogen-bond donors (Lipinski definition) is 1. The minimum Gasteiger partial charge on any atom is -0.508 e. The number of hydrogen-bond acceptors (Lipinski definition) is 2. The lowest BCUT2D eigenvalue weighted by atomic mass is 9.76. The highest BCUT2D eigenvalue weighted by molar-refractivity contribution is 6.32. The van der Waals surface area contributed by atoms with Gasteiger partial charge >= 0.3 is 0 Å². The molecule has 3 unspecified atom stereocenters. The van der Waals surface area contributed by atoms with Crippen molar-refractivity contribution in [1.29, 1.82) is 0 Å². The van der Waals surface area contributed by atoms with Crippen LogP contribution in [-0.2, 0) is 0 Å². The maximum atomic E-state index is 9.79. The van der Waals surface area contributed by atoms with Crippen LogP contribution in [0.4, 0.5) is 0 Å². The summed E-state index contributed by atoms with van der Waals surface area (Å²) in [4.78, 5) is 2.26. The van der Waals surface area contributed by atoms with Gasteiger partial charge in [-0.3, -0.25) is 0 Å². The van der Waals surface area contributed by atoms with Crippen LogP contribution >= 0.6 is 24.0 Å². The number of phenolic OH excluding ortho intramolecular Hbond substituents is 1. The van der Waals surface area contributed by atoms with E-state index in [4.69, 9.17) is 11.6 Å². The molecule has 0 radical (unpaired) electrons. The molecule has 3 atom stereocenters. The zero-order chi connectivity index (χ0) is 14.3. The molecule has 1 aromatic rings. The summed E-state index contributed by atoms with van der Waals surface area (Å²) in [5.74, 6) is 2.29. The molecule has 0 spiro atoms. The summed E-state index contributed by atoms with van der Waals surface area (Å²) in [6.07, 6.45) is 6.35. The number of aromatic hydroxyl groups is 1. The predicted octanol–water partition coefficient (Wildman–Crippen LogP) is 4.46. The molecule has 1 N–H and O–H groups in total. The molecule has 1 saturated carbocycles. The van der Waals surface area contributed by atoms with Crippen LogP contribution in [0.1, 0.15) is 24.8 Å². The molecule has 3 rings (SSSR count). The molecule has 1 fully saturated rings. The monoisotopic (exact) mass is 327 g/mol. The average Bonchev–Trinajstić information content (AvgIpc) is 2.79. The van der Waals surface area contributed by atoms with E-state index in [2.05, 4.69) is 25.1 Å². The van der Waals surface area contributed by atoms with Gasteiger partial charge in [0.15, 0.2) is 0 Å². The Kier molecular flexibility index (Phi) is 5.24. The van der Waals surface area contributed by atoms with E-state index in [9.17, 15) is 5.11 Å². The zero-order valence-corrected chi connectivity index (χ0v) is 14.1. The summed E-state index contributed by atoms with van der Waals surface area (Å²) in [6, 6.07) is 5.28. The zero-order valence-electron chi connectivity index (χ0n) is 12.6. The number of benzene rings is 1. The molecule has 0 saturated heterocycles. The first-order chi connectivity index (χ1) is 9.54. The molecule has 21 heavy (non-hydrogen) atoms. The second-order valence-electron chi connectivity index (χ2n) is 6.49. The number of rotatable bonds is 3. The van der Waals surface area contributed by atoms with Crippen molar-refractivity contribution < 1.29 is 5.11 Å². The lowest BCUT2D eigenvalue weighted by Crippen LogP contribution is -2.29. The molecule has 0 heterocycles. The topological polar surface area (TPSA) is 23.5 Å². The average molecular weight is 328 g/mol. The summed E-state index contributed by atoms with van der Waals surface area (Å²) in [6.45, 7) is 1.05. The summed E-state index contributed by atoms with van der Waals surface area (Å²) in [5.41, 5.74) is 2.37. The fourth-order valence-electron chi connectivity index (χ4n) is 3.87. The SMILES string of the molecule is CN(C)CC1C(c2cc(O)ccc2Cl)=CC2CCC1C2.Cl. The van der Waals surface area contributed by atoms with Crippen LogP contribution in [0.25, 0.3) is 5.57 Å². The Morgan fingerprint density at radius 1 is 1.29 bits per heavy atom. The van der Waals surface area contributed by atoms with Gasteiger partial charge in [0.25, 0.3) is 0 Å². The molecule has 4 heteroatoms. The minimum absolute atomic E-state index is 0. The van der Waals surface area contributed by atoms with E-state index >= 15 is 0 Å². The second-order valence-corrected chi connectivity index (χ2v) is 6.90. The predicted molar refractivity (Wildman–Crippen MR) is 91.2 cm³/mol. The fourth-order valence-corrected chi connectivity index (χ4v) is 4.09. The van der Waals surface area contributed by atoms with Gasteiger partial charge in [0.2, 0.25) is 0 Å². The third-order valence-corrected chi connectivity index (χ3v) is 5.05. The maximum Gasteiger partial charge on any atom is 0.116 e. The number of nitrogens with zero attached hydrogens (tertiary/aromatic N) is 1. The maximum absolute atomic E-state index is 9.79. The largest absolute Gasteiger partial charge is 0.508 e. The summed E-state index contributed by atoms with van der Waals surface area (Å²) in [5, 5.41) is 10.5. The van der Waals surface area contributed by atoms with Crippen molar-refractivity contribution in [3.63, 3.8) is 0 Å². The molecule has 0 aliphatic heterocycles. The van der Waals surface area contributed by atoms with Gasteiger partial charge in [-0.2, -0.15) is 0 Å². The number of phenols is 1. The molecular formula is C17H23Cl2NO. The van der Waals surface area contributed by atoms with Crippen LogP contribution in [0.3, 0.4) is 0 Å². The first kappa shape index (κ1) is 16.7. The number of allylic oxidation sites excluding steroid dienone is 1. The number of fused-ring (bicyclic) bond motifs is 2. The van der Waals surface area contributed by atoms with Gasteiger partial charge in [-0.05, 0) is 80.4 Å². The summed E-state index contributed by atoms with van der Waals surface area (Å²) in [7, 11) is 4.26. The Hall–Kier alpha value is -0.700. The van der Waals surface area contributed by atoms with Crippen molar-refractivity contribution in [1.82, 2.24) is 4.90 Å². The molecule has 2 nitrogen and oxygen atoms in total. The van der Waals surface area contributed by atoms with E-state index in [0.29, 0.717) is 17.6 Å². The Morgan fingerprint density at radius 2 is 2.05 bits per heavy atom. The number of halogens is 2. The Labute approximate surface area is 138 Å². The van der Waals surface area contributed by atoms with Gasteiger partial charge in [0.1, 0.15) is 5.75 Å². The lowest BCUT2D eigenvalue weighted by molar-refractivity contribution is 0.289. The highest BCUT2D eigenvalue weighted by Crippen LogP contribution is 2.49. The lowest BCUT2D eigenvalue weighted by Gasteiger charge is -2.33. The fraction of sp³-hybridized carbons (Fsp3) is 0.529. The van der Waals surface area contributed by atoms with E-state index in [-0.39, 0.29) is 12.4 Å². The first-order valence-electron chi connectivity index (χ1n) is 7.40. The molecule has 1 aromatic carbocycles. The van der Waals surface area contributed by atoms with Crippen molar-refractivity contribution in [2.45, 2.75) is 19.3 Å². The Bertz CT molecular complexity index is 542. The molecule has 0 aromatic heterocycles. The van der Waals surface area contributed by atoms with Crippen LogP contribution < -0.4 is 0 Å². The molecule has 116 valence electrons. The molecule has 2 bridgehead atoms. The standard InChI is InChI=1S/C17H22ClNO.ClH/c1-19(2)10-16-12-4-3-11(7-12)8-14(16)15-9-13(20)5-6-17(15)18;/h5-6,8-9,11-12,16,20H,3-4,7,10H2,1-2H3;1H. The van der Waals surface area contributed by atoms with Gasteiger partial charge in [-0.15, -0.1) is 12.4 Å². The molecule has 2 aliphatic rings. The first-order valence-corrected chi connectivity index (χ1v) is 7.77. The van der Waals surface area contributed by atoms with E-state index in [1.165, 1.54) is 24.8 Å². The highest BCUT2D eigenvalue weighted by Gasteiger charge is 2.37. The Balaban J connectivity index is 0.00000161. The summed E-state index contributed by atoms with van der Waals surface area (Å²) >= 11 is 6.38. The van der Waals surface area contributed by atoms with Gasteiger partial charge in [-0.25, -0.2) is 0 Å². The van der Waals surface area contributed by atoms with E-state index < -0.39 is 0 Å². The highest BCUT2D eigenvalue weighted by atomic mass is 35.5. The minimum atomic E-state index is 0. The van der Waals surface area contributed by atoms with Crippen LogP contribution in [-0.4, -0.2) is 30.6 Å². The van der Waals surface area contributed by atoms with Crippen molar-refractivity contribution in [3.05, 3.63) is 34.9 Å². The van der Waals surface area contributed by atoms with E-state index in [1.807, 2.05) is 6.07 Å². The van der Waals surface area contributed by atoms with Crippen molar-refractivity contribution in [2.24, 2.45) is 17.8 Å². The third-order valence-electron chi connectivity index (χ3n) is 4.72.